The van der Waals surface area contributed by atoms with Gasteiger partial charge >= 0.3 is 0 Å². The molecule has 1 atom stereocenters. The number of rotatable bonds is 4. The van der Waals surface area contributed by atoms with Crippen LogP contribution in [-0.2, 0) is 24.2 Å². The lowest BCUT2D eigenvalue weighted by atomic mass is 9.97. The molecule has 25 heavy (non-hydrogen) atoms. The van der Waals surface area contributed by atoms with Crippen molar-refractivity contribution in [1.82, 2.24) is 19.8 Å². The van der Waals surface area contributed by atoms with Crippen LogP contribution in [0.25, 0.3) is 10.2 Å². The monoisotopic (exact) mass is 360 g/mol. The summed E-state index contributed by atoms with van der Waals surface area (Å²) < 4.78 is 1.61. The normalized spacial score (nSPS) is 20.0. The first kappa shape index (κ1) is 16.7. The van der Waals surface area contributed by atoms with Crippen LogP contribution < -0.4 is 10.9 Å². The molecule has 0 saturated carbocycles. The molecule has 0 radical (unpaired) electrons. The van der Waals surface area contributed by atoms with E-state index >= 15 is 0 Å². The summed E-state index contributed by atoms with van der Waals surface area (Å²) >= 11 is 1.66. The molecule has 1 aliphatic carbocycles. The third kappa shape index (κ3) is 3.11. The van der Waals surface area contributed by atoms with Crippen LogP contribution in [0, 0.1) is 0 Å². The number of nitrogens with zero attached hydrogens (tertiary/aromatic N) is 3. The Labute approximate surface area is 150 Å². The van der Waals surface area contributed by atoms with Gasteiger partial charge in [-0.05, 0) is 44.2 Å². The van der Waals surface area contributed by atoms with E-state index in [4.69, 9.17) is 0 Å². The molecular formula is C18H24N4O2S. The van der Waals surface area contributed by atoms with E-state index in [1.807, 2.05) is 11.9 Å². The minimum atomic E-state index is 0.0161. The fraction of sp³-hybridized carbons (Fsp3) is 0.611. The summed E-state index contributed by atoms with van der Waals surface area (Å²) in [5.41, 5.74) is 1.22. The molecule has 1 fully saturated rings. The Bertz CT molecular complexity index is 851. The first-order valence-corrected chi connectivity index (χ1v) is 9.93. The molecule has 2 aliphatic rings. The van der Waals surface area contributed by atoms with E-state index in [0.717, 1.165) is 49.0 Å². The minimum absolute atomic E-state index is 0.0161. The number of thiophene rings is 1. The zero-order valence-corrected chi connectivity index (χ0v) is 15.4. The molecular weight excluding hydrogens is 336 g/mol. The number of hydrogen-bond donors (Lipinski definition) is 1. The van der Waals surface area contributed by atoms with Crippen molar-refractivity contribution in [2.75, 3.05) is 20.1 Å². The van der Waals surface area contributed by atoms with Crippen molar-refractivity contribution in [2.45, 2.75) is 51.1 Å². The van der Waals surface area contributed by atoms with Gasteiger partial charge < -0.3 is 10.2 Å². The van der Waals surface area contributed by atoms with Crippen molar-refractivity contribution in [3.8, 4) is 0 Å². The summed E-state index contributed by atoms with van der Waals surface area (Å²) in [4.78, 5) is 33.8. The lowest BCUT2D eigenvalue weighted by Gasteiger charge is -2.23. The Morgan fingerprint density at radius 1 is 1.44 bits per heavy atom. The number of fused-ring (bicyclic) bond motifs is 3. The summed E-state index contributed by atoms with van der Waals surface area (Å²) in [6, 6.07) is 0.272. The van der Waals surface area contributed by atoms with Crippen LogP contribution in [0.2, 0.25) is 0 Å². The SMILES string of the molecule is CN(C(=O)CCn1cnc2sc3c(c2c1=O)CCCC3)C1CCNC1. The molecule has 0 aromatic carbocycles. The number of amides is 1. The van der Waals surface area contributed by atoms with Gasteiger partial charge in [-0.1, -0.05) is 0 Å². The van der Waals surface area contributed by atoms with Crippen molar-refractivity contribution < 1.29 is 4.79 Å². The molecule has 3 heterocycles. The smallest absolute Gasteiger partial charge is 0.262 e. The molecule has 2 aromatic heterocycles. The van der Waals surface area contributed by atoms with Gasteiger partial charge in [0.05, 0.1) is 11.7 Å². The highest BCUT2D eigenvalue weighted by atomic mass is 32.1. The zero-order chi connectivity index (χ0) is 17.4. The Morgan fingerprint density at radius 3 is 3.08 bits per heavy atom. The second-order valence-electron chi connectivity index (χ2n) is 7.04. The number of carbonyl (C=O) groups is 1. The average molecular weight is 360 g/mol. The first-order chi connectivity index (χ1) is 12.1. The molecule has 0 bridgehead atoms. The van der Waals surface area contributed by atoms with Gasteiger partial charge in [0, 0.05) is 37.5 Å². The van der Waals surface area contributed by atoms with Gasteiger partial charge in [-0.15, -0.1) is 11.3 Å². The van der Waals surface area contributed by atoms with Gasteiger partial charge in [0.1, 0.15) is 4.83 Å². The van der Waals surface area contributed by atoms with Gasteiger partial charge in [0.2, 0.25) is 5.91 Å². The number of likely N-dealkylation sites (N-methyl/N-ethyl adjacent to an activating group) is 1. The predicted octanol–water partition coefficient (Wildman–Crippen LogP) is 1.55. The minimum Gasteiger partial charge on any atom is -0.341 e. The Hall–Kier alpha value is -1.73. The van der Waals surface area contributed by atoms with Crippen LogP contribution >= 0.6 is 11.3 Å². The Morgan fingerprint density at radius 2 is 2.28 bits per heavy atom. The maximum atomic E-state index is 12.9. The molecule has 1 unspecified atom stereocenters. The number of hydrogen-bond acceptors (Lipinski definition) is 5. The number of aromatic nitrogens is 2. The highest BCUT2D eigenvalue weighted by Gasteiger charge is 2.23. The van der Waals surface area contributed by atoms with E-state index in [9.17, 15) is 9.59 Å². The van der Waals surface area contributed by atoms with Gasteiger partial charge in [0.15, 0.2) is 0 Å². The van der Waals surface area contributed by atoms with Crippen molar-refractivity contribution in [3.05, 3.63) is 27.1 Å². The van der Waals surface area contributed by atoms with Gasteiger partial charge in [0.25, 0.3) is 5.56 Å². The molecule has 4 rings (SSSR count). The number of nitrogens with one attached hydrogen (secondary N) is 1. The maximum absolute atomic E-state index is 12.9. The number of carbonyl (C=O) groups excluding carboxylic acids is 1. The van der Waals surface area contributed by atoms with Crippen LogP contribution in [0.15, 0.2) is 11.1 Å². The Balaban J connectivity index is 1.52. The molecule has 7 heteroatoms. The molecule has 134 valence electrons. The standard InChI is InChI=1S/C18H24N4O2S/c1-21(12-6-8-19-10-12)15(23)7-9-22-11-20-17-16(18(22)24)13-4-2-3-5-14(13)25-17/h11-12,19H,2-10H2,1H3. The zero-order valence-electron chi connectivity index (χ0n) is 14.6. The third-order valence-corrected chi connectivity index (χ3v) is 6.68. The molecule has 0 spiro atoms. The lowest BCUT2D eigenvalue weighted by Crippen LogP contribution is -2.39. The highest BCUT2D eigenvalue weighted by Crippen LogP contribution is 2.33. The maximum Gasteiger partial charge on any atom is 0.262 e. The van der Waals surface area contributed by atoms with E-state index in [0.29, 0.717) is 13.0 Å². The fourth-order valence-electron chi connectivity index (χ4n) is 3.91. The first-order valence-electron chi connectivity index (χ1n) is 9.11. The molecule has 6 nitrogen and oxygen atoms in total. The van der Waals surface area contributed by atoms with Crippen molar-refractivity contribution in [1.29, 1.82) is 0 Å². The predicted molar refractivity (Wildman–Crippen MR) is 99.2 cm³/mol. The molecule has 1 aliphatic heterocycles. The average Bonchev–Trinajstić information content (AvgIpc) is 3.28. The highest BCUT2D eigenvalue weighted by molar-refractivity contribution is 7.18. The Kier molecular flexibility index (Phi) is 4.60. The molecule has 1 N–H and O–H groups in total. The topological polar surface area (TPSA) is 67.2 Å². The van der Waals surface area contributed by atoms with E-state index in [-0.39, 0.29) is 17.5 Å². The van der Waals surface area contributed by atoms with E-state index in [1.54, 1.807) is 22.2 Å². The third-order valence-electron chi connectivity index (χ3n) is 5.48. The van der Waals surface area contributed by atoms with E-state index in [2.05, 4.69) is 10.3 Å². The van der Waals surface area contributed by atoms with Crippen LogP contribution in [0.4, 0.5) is 0 Å². The molecule has 1 amide bonds. The van der Waals surface area contributed by atoms with Gasteiger partial charge in [-0.3, -0.25) is 14.2 Å². The number of aryl methyl sites for hydroxylation is 3. The van der Waals surface area contributed by atoms with Crippen LogP contribution in [-0.4, -0.2) is 46.5 Å². The van der Waals surface area contributed by atoms with E-state index < -0.39 is 0 Å². The molecule has 2 aromatic rings. The quantitative estimate of drug-likeness (QED) is 0.898. The second kappa shape index (κ2) is 6.88. The summed E-state index contributed by atoms with van der Waals surface area (Å²) in [5.74, 6) is 0.0908. The largest absolute Gasteiger partial charge is 0.341 e. The second-order valence-corrected chi connectivity index (χ2v) is 8.12. The fourth-order valence-corrected chi connectivity index (χ4v) is 5.13. The van der Waals surface area contributed by atoms with Crippen LogP contribution in [0.1, 0.15) is 36.1 Å². The summed E-state index contributed by atoms with van der Waals surface area (Å²) in [6.07, 6.45) is 7.33. The van der Waals surface area contributed by atoms with Crippen molar-refractivity contribution >= 4 is 27.5 Å². The van der Waals surface area contributed by atoms with Crippen LogP contribution in [0.3, 0.4) is 0 Å². The summed E-state index contributed by atoms with van der Waals surface area (Å²) in [7, 11) is 1.86. The van der Waals surface area contributed by atoms with E-state index in [1.165, 1.54) is 16.9 Å². The molecule has 1 saturated heterocycles. The van der Waals surface area contributed by atoms with Crippen LogP contribution in [0.5, 0.6) is 0 Å². The van der Waals surface area contributed by atoms with Crippen molar-refractivity contribution in [2.24, 2.45) is 0 Å². The van der Waals surface area contributed by atoms with Crippen molar-refractivity contribution in [3.63, 3.8) is 0 Å². The summed E-state index contributed by atoms with van der Waals surface area (Å²) in [6.45, 7) is 2.22. The summed E-state index contributed by atoms with van der Waals surface area (Å²) in [5, 5.41) is 4.07. The van der Waals surface area contributed by atoms with Gasteiger partial charge in [-0.25, -0.2) is 4.98 Å². The van der Waals surface area contributed by atoms with Gasteiger partial charge in [-0.2, -0.15) is 0 Å². The lowest BCUT2D eigenvalue weighted by molar-refractivity contribution is -0.131.